The van der Waals surface area contributed by atoms with Gasteiger partial charge in [0.2, 0.25) is 0 Å². The standard InChI is InChI=1S/C23H22FN3O/c24-20-10-4-5-11-21(20)26-23(27-25)19-9-2-1-7-17(19)18-8-3-6-12-22(18)28-15-16-13-14-16/h1-12,16H,13-15,25H2,(H,26,27). The molecule has 3 N–H and O–H groups in total. The van der Waals surface area contributed by atoms with Gasteiger partial charge in [-0.2, -0.15) is 0 Å². The Morgan fingerprint density at radius 2 is 1.64 bits per heavy atom. The molecule has 28 heavy (non-hydrogen) atoms. The molecule has 3 aromatic rings. The minimum absolute atomic E-state index is 0.225. The highest BCUT2D eigenvalue weighted by atomic mass is 19.1. The Morgan fingerprint density at radius 3 is 2.39 bits per heavy atom. The van der Waals surface area contributed by atoms with Crippen molar-refractivity contribution < 1.29 is 9.13 Å². The van der Waals surface area contributed by atoms with Gasteiger partial charge in [-0.15, -0.1) is 0 Å². The number of hydrogen-bond donors (Lipinski definition) is 2. The molecule has 0 aromatic heterocycles. The molecule has 4 nitrogen and oxygen atoms in total. The van der Waals surface area contributed by atoms with Gasteiger partial charge in [0.1, 0.15) is 23.1 Å². The molecule has 5 heteroatoms. The van der Waals surface area contributed by atoms with Crippen LogP contribution in [0.3, 0.4) is 0 Å². The predicted octanol–water partition coefficient (Wildman–Crippen LogP) is 4.82. The van der Waals surface area contributed by atoms with Crippen molar-refractivity contribution in [3.8, 4) is 16.9 Å². The molecule has 3 aromatic carbocycles. The molecule has 4 rings (SSSR count). The van der Waals surface area contributed by atoms with Crippen LogP contribution in [-0.2, 0) is 0 Å². The van der Waals surface area contributed by atoms with Gasteiger partial charge in [-0.25, -0.2) is 15.2 Å². The minimum atomic E-state index is -0.402. The summed E-state index contributed by atoms with van der Waals surface area (Å²) in [6, 6.07) is 22.0. The second-order valence-corrected chi connectivity index (χ2v) is 6.85. The number of halogens is 1. The van der Waals surface area contributed by atoms with Crippen LogP contribution in [0.25, 0.3) is 11.1 Å². The van der Waals surface area contributed by atoms with Crippen molar-refractivity contribution in [3.63, 3.8) is 0 Å². The number of nitrogens with two attached hydrogens (primary N) is 1. The first-order valence-electron chi connectivity index (χ1n) is 9.37. The van der Waals surface area contributed by atoms with Crippen molar-refractivity contribution >= 4 is 11.5 Å². The van der Waals surface area contributed by atoms with Crippen LogP contribution in [0.5, 0.6) is 5.75 Å². The normalized spacial score (nSPS) is 14.0. The van der Waals surface area contributed by atoms with Gasteiger partial charge >= 0.3 is 0 Å². The fraction of sp³-hybridized carbons (Fsp3) is 0.174. The highest BCUT2D eigenvalue weighted by molar-refractivity contribution is 6.05. The molecule has 0 heterocycles. The number of hydrogen-bond acceptors (Lipinski definition) is 3. The lowest BCUT2D eigenvalue weighted by molar-refractivity contribution is 0.301. The Hall–Kier alpha value is -3.18. The van der Waals surface area contributed by atoms with E-state index in [4.69, 9.17) is 10.6 Å². The van der Waals surface area contributed by atoms with E-state index in [1.165, 1.54) is 18.9 Å². The largest absolute Gasteiger partial charge is 0.493 e. The zero-order valence-electron chi connectivity index (χ0n) is 15.4. The number of hydrazine groups is 1. The van der Waals surface area contributed by atoms with Gasteiger partial charge in [0.05, 0.1) is 6.61 Å². The van der Waals surface area contributed by atoms with Crippen molar-refractivity contribution in [1.29, 1.82) is 0 Å². The molecule has 1 saturated carbocycles. The van der Waals surface area contributed by atoms with E-state index in [0.717, 1.165) is 29.0 Å². The van der Waals surface area contributed by atoms with Crippen LogP contribution in [0.4, 0.5) is 10.1 Å². The first-order chi connectivity index (χ1) is 13.8. The van der Waals surface area contributed by atoms with E-state index in [-0.39, 0.29) is 5.69 Å². The maximum absolute atomic E-state index is 14.1. The van der Waals surface area contributed by atoms with Crippen LogP contribution in [0.2, 0.25) is 0 Å². The van der Waals surface area contributed by atoms with Crippen LogP contribution in [0, 0.1) is 11.7 Å². The Morgan fingerprint density at radius 1 is 0.964 bits per heavy atom. The molecule has 0 radical (unpaired) electrons. The van der Waals surface area contributed by atoms with Crippen LogP contribution in [-0.4, -0.2) is 12.4 Å². The fourth-order valence-electron chi connectivity index (χ4n) is 3.06. The third-order valence-corrected chi connectivity index (χ3v) is 4.75. The van der Waals surface area contributed by atoms with E-state index in [0.29, 0.717) is 11.8 Å². The number of nitrogens with one attached hydrogen (secondary N) is 1. The Bertz CT molecular complexity index is 998. The summed E-state index contributed by atoms with van der Waals surface area (Å²) in [6.45, 7) is 0.727. The van der Waals surface area contributed by atoms with Crippen molar-refractivity contribution in [2.45, 2.75) is 12.8 Å². The molecule has 1 fully saturated rings. The Balaban J connectivity index is 1.76. The predicted molar refractivity (Wildman–Crippen MR) is 110 cm³/mol. The third kappa shape index (κ3) is 4.05. The van der Waals surface area contributed by atoms with Gasteiger partial charge in [-0.3, -0.25) is 0 Å². The van der Waals surface area contributed by atoms with Crippen LogP contribution in [0.1, 0.15) is 18.4 Å². The number of benzene rings is 3. The number of nitrogens with zero attached hydrogens (tertiary/aromatic N) is 1. The van der Waals surface area contributed by atoms with Crippen molar-refractivity contribution in [2.24, 2.45) is 16.8 Å². The van der Waals surface area contributed by atoms with Crippen LogP contribution < -0.4 is 16.0 Å². The first kappa shape index (κ1) is 18.2. The van der Waals surface area contributed by atoms with E-state index in [2.05, 4.69) is 10.4 Å². The molecule has 0 atom stereocenters. The van der Waals surface area contributed by atoms with E-state index < -0.39 is 5.82 Å². The van der Waals surface area contributed by atoms with E-state index >= 15 is 0 Å². The van der Waals surface area contributed by atoms with Gasteiger partial charge in [-0.1, -0.05) is 54.6 Å². The average Bonchev–Trinajstić information content (AvgIpc) is 3.57. The summed E-state index contributed by atoms with van der Waals surface area (Å²) in [5.74, 6) is 7.23. The molecule has 142 valence electrons. The number of amidine groups is 1. The van der Waals surface area contributed by atoms with Crippen LogP contribution in [0.15, 0.2) is 77.8 Å². The lowest BCUT2D eigenvalue weighted by Crippen LogP contribution is -2.31. The van der Waals surface area contributed by atoms with E-state index in [1.54, 1.807) is 18.2 Å². The molecule has 0 saturated heterocycles. The monoisotopic (exact) mass is 375 g/mol. The highest BCUT2D eigenvalue weighted by Crippen LogP contribution is 2.35. The smallest absolute Gasteiger partial charge is 0.148 e. The van der Waals surface area contributed by atoms with Gasteiger partial charge in [0, 0.05) is 11.1 Å². The summed E-state index contributed by atoms with van der Waals surface area (Å²) >= 11 is 0. The first-order valence-corrected chi connectivity index (χ1v) is 9.37. The highest BCUT2D eigenvalue weighted by Gasteiger charge is 2.23. The molecule has 0 unspecified atom stereocenters. The zero-order valence-corrected chi connectivity index (χ0v) is 15.4. The zero-order chi connectivity index (χ0) is 19.3. The summed E-state index contributed by atoms with van der Waals surface area (Å²) < 4.78 is 20.1. The summed E-state index contributed by atoms with van der Waals surface area (Å²) in [4.78, 5) is 4.41. The lowest BCUT2D eigenvalue weighted by atomic mass is 9.98. The number of rotatable bonds is 6. The second-order valence-electron chi connectivity index (χ2n) is 6.85. The quantitative estimate of drug-likeness (QED) is 0.281. The topological polar surface area (TPSA) is 59.6 Å². The molecule has 0 bridgehead atoms. The van der Waals surface area contributed by atoms with Gasteiger partial charge < -0.3 is 10.2 Å². The molecule has 0 spiro atoms. The number of aliphatic imine (C=N–C) groups is 1. The summed E-state index contributed by atoms with van der Waals surface area (Å²) in [6.07, 6.45) is 2.46. The molecular formula is C23H22FN3O. The molecule has 0 aliphatic heterocycles. The lowest BCUT2D eigenvalue weighted by Gasteiger charge is -2.16. The van der Waals surface area contributed by atoms with Gasteiger partial charge in [0.15, 0.2) is 0 Å². The maximum Gasteiger partial charge on any atom is 0.148 e. The van der Waals surface area contributed by atoms with Crippen molar-refractivity contribution in [3.05, 3.63) is 84.2 Å². The Labute approximate surface area is 163 Å². The van der Waals surface area contributed by atoms with Crippen molar-refractivity contribution in [1.82, 2.24) is 5.43 Å². The Kier molecular flexibility index (Phi) is 5.35. The second kappa shape index (κ2) is 8.23. The number of para-hydroxylation sites is 2. The summed E-state index contributed by atoms with van der Waals surface area (Å²) in [5.41, 5.74) is 5.50. The van der Waals surface area contributed by atoms with Crippen LogP contribution >= 0.6 is 0 Å². The number of ether oxygens (including phenoxy) is 1. The average molecular weight is 375 g/mol. The maximum atomic E-state index is 14.1. The van der Waals surface area contributed by atoms with Crippen molar-refractivity contribution in [2.75, 3.05) is 6.61 Å². The molecule has 1 aliphatic carbocycles. The molecule has 0 amide bonds. The fourth-order valence-corrected chi connectivity index (χ4v) is 3.06. The molecular weight excluding hydrogens is 353 g/mol. The SMILES string of the molecule is NNC(=Nc1ccccc1F)c1ccccc1-c1ccccc1OCC1CC1. The van der Waals surface area contributed by atoms with Gasteiger partial charge in [0.25, 0.3) is 0 Å². The summed E-state index contributed by atoms with van der Waals surface area (Å²) in [7, 11) is 0. The summed E-state index contributed by atoms with van der Waals surface area (Å²) in [5, 5.41) is 0. The molecule has 1 aliphatic rings. The minimum Gasteiger partial charge on any atom is -0.493 e. The third-order valence-electron chi connectivity index (χ3n) is 4.75. The van der Waals surface area contributed by atoms with Gasteiger partial charge in [-0.05, 0) is 42.5 Å². The van der Waals surface area contributed by atoms with E-state index in [1.807, 2.05) is 48.5 Å². The van der Waals surface area contributed by atoms with E-state index in [9.17, 15) is 4.39 Å².